The molecule has 5 nitrogen and oxygen atoms in total. The molecule has 0 N–H and O–H groups in total. The molecule has 0 aliphatic carbocycles. The van der Waals surface area contributed by atoms with Crippen molar-refractivity contribution in [1.82, 2.24) is 15.0 Å². The fraction of sp³-hybridized carbons (Fsp3) is 0.364. The maximum absolute atomic E-state index is 14.6. The minimum atomic E-state index is -0.587. The van der Waals surface area contributed by atoms with Gasteiger partial charge in [0, 0.05) is 31.9 Å². The monoisotopic (exact) mass is 474 g/mol. The zero-order chi connectivity index (χ0) is 21.1. The maximum Gasteiger partial charge on any atom is 0.165 e. The van der Waals surface area contributed by atoms with Crippen molar-refractivity contribution < 1.29 is 13.6 Å². The van der Waals surface area contributed by atoms with Gasteiger partial charge in [0.15, 0.2) is 5.82 Å². The lowest BCUT2D eigenvalue weighted by Crippen LogP contribution is -2.34. The van der Waals surface area contributed by atoms with Crippen LogP contribution in [-0.4, -0.2) is 34.3 Å². The van der Waals surface area contributed by atoms with Crippen molar-refractivity contribution in [2.45, 2.75) is 32.1 Å². The van der Waals surface area contributed by atoms with Gasteiger partial charge in [0.2, 0.25) is 0 Å². The molecule has 8 heteroatoms. The van der Waals surface area contributed by atoms with Crippen molar-refractivity contribution >= 4 is 38.9 Å². The Morgan fingerprint density at radius 3 is 2.73 bits per heavy atom. The summed E-state index contributed by atoms with van der Waals surface area (Å²) in [5.74, 6) is 0.279. The number of pyridine rings is 1. The molecule has 3 aromatic rings. The van der Waals surface area contributed by atoms with Crippen molar-refractivity contribution in [2.75, 3.05) is 18.0 Å². The zero-order valence-electron chi connectivity index (χ0n) is 16.3. The summed E-state index contributed by atoms with van der Waals surface area (Å²) >= 11 is 3.01. The van der Waals surface area contributed by atoms with Gasteiger partial charge in [-0.05, 0) is 65.7 Å². The predicted molar refractivity (Wildman–Crippen MR) is 115 cm³/mol. The van der Waals surface area contributed by atoms with Crippen molar-refractivity contribution in [3.8, 4) is 11.4 Å². The van der Waals surface area contributed by atoms with Gasteiger partial charge in [-0.15, -0.1) is 0 Å². The molecule has 1 aliphatic heterocycles. The first kappa shape index (κ1) is 20.8. The smallest absolute Gasteiger partial charge is 0.165 e. The van der Waals surface area contributed by atoms with E-state index in [-0.39, 0.29) is 15.9 Å². The highest BCUT2D eigenvalue weighted by Gasteiger charge is 2.23. The minimum absolute atomic E-state index is 0.0272. The lowest BCUT2D eigenvalue weighted by molar-refractivity contribution is -0.108. The number of carbonyl (C=O) groups is 1. The highest BCUT2D eigenvalue weighted by molar-refractivity contribution is 9.10. The van der Waals surface area contributed by atoms with Gasteiger partial charge in [0.25, 0.3) is 0 Å². The second-order valence-electron chi connectivity index (χ2n) is 7.54. The van der Waals surface area contributed by atoms with Crippen molar-refractivity contribution in [3.63, 3.8) is 0 Å². The van der Waals surface area contributed by atoms with Gasteiger partial charge >= 0.3 is 0 Å². The molecule has 156 valence electrons. The molecule has 0 spiro atoms. The van der Waals surface area contributed by atoms with Gasteiger partial charge < -0.3 is 9.69 Å². The predicted octanol–water partition coefficient (Wildman–Crippen LogP) is 5.32. The van der Waals surface area contributed by atoms with E-state index in [9.17, 15) is 13.6 Å². The van der Waals surface area contributed by atoms with Gasteiger partial charge in [0.1, 0.15) is 23.7 Å². The third-order valence-corrected chi connectivity index (χ3v) is 6.18. The van der Waals surface area contributed by atoms with Crippen LogP contribution in [0.4, 0.5) is 14.6 Å². The van der Waals surface area contributed by atoms with Crippen LogP contribution in [-0.2, 0) is 4.79 Å². The first-order valence-corrected chi connectivity index (χ1v) is 10.8. The fourth-order valence-electron chi connectivity index (χ4n) is 3.94. The molecule has 30 heavy (non-hydrogen) atoms. The standard InChI is InChI=1S/C22H21BrF2N4O/c23-17-12-18(24)15(11-19(17)25)21-27-20-4-7-26-13-16(20)22(28-21)29-8-5-14(6-9-29)3-1-2-10-30/h4,7,10-14H,1-3,5-6,8-9H2. The second-order valence-corrected chi connectivity index (χ2v) is 8.39. The number of halogens is 3. The Hall–Kier alpha value is -2.48. The van der Waals surface area contributed by atoms with E-state index in [1.807, 2.05) is 0 Å². The van der Waals surface area contributed by atoms with Crippen LogP contribution in [0.3, 0.4) is 0 Å². The molecule has 0 radical (unpaired) electrons. The number of hydrogen-bond acceptors (Lipinski definition) is 5. The van der Waals surface area contributed by atoms with E-state index in [1.165, 1.54) is 0 Å². The van der Waals surface area contributed by atoms with Crippen molar-refractivity contribution in [2.24, 2.45) is 5.92 Å². The fourth-order valence-corrected chi connectivity index (χ4v) is 4.25. The number of benzene rings is 1. The third-order valence-electron chi connectivity index (χ3n) is 5.58. The number of nitrogens with zero attached hydrogens (tertiary/aromatic N) is 4. The van der Waals surface area contributed by atoms with E-state index in [0.717, 1.165) is 62.6 Å². The molecular formula is C22H21BrF2N4O. The van der Waals surface area contributed by atoms with E-state index in [0.29, 0.717) is 23.7 Å². The first-order chi connectivity index (χ1) is 14.6. The summed E-state index contributed by atoms with van der Waals surface area (Å²) in [5.41, 5.74) is 0.667. The quantitative estimate of drug-likeness (QED) is 0.275. The highest BCUT2D eigenvalue weighted by atomic mass is 79.9. The Morgan fingerprint density at radius 2 is 1.97 bits per heavy atom. The van der Waals surface area contributed by atoms with E-state index in [1.54, 1.807) is 18.5 Å². The molecule has 0 saturated carbocycles. The molecule has 0 atom stereocenters. The Bertz CT molecular complexity index is 1070. The summed E-state index contributed by atoms with van der Waals surface area (Å²) in [4.78, 5) is 26.0. The van der Waals surface area contributed by atoms with Gasteiger partial charge in [-0.3, -0.25) is 4.98 Å². The van der Waals surface area contributed by atoms with Crippen LogP contribution in [0.1, 0.15) is 32.1 Å². The largest absolute Gasteiger partial charge is 0.356 e. The molecule has 1 aliphatic rings. The summed E-state index contributed by atoms with van der Waals surface area (Å²) in [6.07, 6.45) is 8.90. The number of aromatic nitrogens is 3. The number of piperidine rings is 1. The van der Waals surface area contributed by atoms with Gasteiger partial charge in [-0.1, -0.05) is 0 Å². The topological polar surface area (TPSA) is 59.0 Å². The van der Waals surface area contributed by atoms with Crippen LogP contribution >= 0.6 is 15.9 Å². The Morgan fingerprint density at radius 1 is 1.17 bits per heavy atom. The SMILES string of the molecule is O=CCCCC1CCN(c2nc(-c3cc(F)c(Br)cc3F)nc3ccncc23)CC1. The van der Waals surface area contributed by atoms with Crippen LogP contribution in [0.2, 0.25) is 0 Å². The van der Waals surface area contributed by atoms with Gasteiger partial charge in [-0.2, -0.15) is 0 Å². The third kappa shape index (κ3) is 4.33. The number of unbranched alkanes of at least 4 members (excludes halogenated alkanes) is 1. The van der Waals surface area contributed by atoms with Crippen molar-refractivity contribution in [1.29, 1.82) is 0 Å². The molecule has 0 unspecified atom stereocenters. The molecular weight excluding hydrogens is 454 g/mol. The van der Waals surface area contributed by atoms with E-state index >= 15 is 0 Å². The number of carbonyl (C=O) groups excluding carboxylic acids is 1. The van der Waals surface area contributed by atoms with Crippen LogP contribution in [0.5, 0.6) is 0 Å². The number of fused-ring (bicyclic) bond motifs is 1. The lowest BCUT2D eigenvalue weighted by Gasteiger charge is -2.33. The Balaban J connectivity index is 1.67. The first-order valence-electron chi connectivity index (χ1n) is 10.0. The molecule has 1 fully saturated rings. The molecule has 4 rings (SSSR count). The molecule has 1 aromatic carbocycles. The lowest BCUT2D eigenvalue weighted by atomic mass is 9.91. The van der Waals surface area contributed by atoms with Crippen LogP contribution in [0.15, 0.2) is 35.1 Å². The number of anilines is 1. The summed E-state index contributed by atoms with van der Waals surface area (Å²) in [5, 5.41) is 0.790. The molecule has 0 bridgehead atoms. The molecule has 1 saturated heterocycles. The van der Waals surface area contributed by atoms with Crippen molar-refractivity contribution in [3.05, 3.63) is 46.7 Å². The molecule has 0 amide bonds. The van der Waals surface area contributed by atoms with E-state index in [2.05, 4.69) is 35.8 Å². The number of aldehydes is 1. The summed E-state index contributed by atoms with van der Waals surface area (Å²) in [6, 6.07) is 3.96. The summed E-state index contributed by atoms with van der Waals surface area (Å²) in [6.45, 7) is 1.62. The Kier molecular flexibility index (Phi) is 6.32. The van der Waals surface area contributed by atoms with Gasteiger partial charge in [0.05, 0.1) is 20.9 Å². The van der Waals surface area contributed by atoms with Crippen LogP contribution < -0.4 is 4.90 Å². The normalized spacial score (nSPS) is 15.0. The molecule has 3 heterocycles. The average Bonchev–Trinajstić information content (AvgIpc) is 2.76. The maximum atomic E-state index is 14.6. The minimum Gasteiger partial charge on any atom is -0.356 e. The summed E-state index contributed by atoms with van der Waals surface area (Å²) < 4.78 is 28.7. The summed E-state index contributed by atoms with van der Waals surface area (Å²) in [7, 11) is 0. The van der Waals surface area contributed by atoms with E-state index < -0.39 is 11.6 Å². The average molecular weight is 475 g/mol. The van der Waals surface area contributed by atoms with Crippen LogP contribution in [0, 0.1) is 17.6 Å². The zero-order valence-corrected chi connectivity index (χ0v) is 17.9. The number of rotatable bonds is 6. The van der Waals surface area contributed by atoms with Crippen LogP contribution in [0.25, 0.3) is 22.3 Å². The van der Waals surface area contributed by atoms with Gasteiger partial charge in [-0.25, -0.2) is 18.7 Å². The Labute approximate surface area is 181 Å². The highest BCUT2D eigenvalue weighted by Crippen LogP contribution is 2.33. The molecule has 2 aromatic heterocycles. The second kappa shape index (κ2) is 9.12. The number of hydrogen-bond donors (Lipinski definition) is 0. The van der Waals surface area contributed by atoms with E-state index in [4.69, 9.17) is 0 Å².